The van der Waals surface area contributed by atoms with Crippen molar-refractivity contribution in [1.29, 1.82) is 0 Å². The summed E-state index contributed by atoms with van der Waals surface area (Å²) < 4.78 is 37.7. The van der Waals surface area contributed by atoms with E-state index in [2.05, 4.69) is 14.9 Å². The van der Waals surface area contributed by atoms with Crippen molar-refractivity contribution in [2.75, 3.05) is 39.9 Å². The van der Waals surface area contributed by atoms with Gasteiger partial charge in [-0.3, -0.25) is 4.90 Å². The largest absolute Gasteiger partial charge is 0.447 e. The maximum atomic E-state index is 12.2. The molecular weight excluding hydrogens is 294 g/mol. The minimum absolute atomic E-state index is 0.0402. The van der Waals surface area contributed by atoms with Crippen molar-refractivity contribution in [1.82, 2.24) is 14.9 Å². The molecule has 0 spiro atoms. The number of ether oxygens (including phenoxy) is 1. The molecule has 1 aliphatic heterocycles. The number of sulfonamides is 1. The minimum atomic E-state index is -3.61. The van der Waals surface area contributed by atoms with Gasteiger partial charge in [0.05, 0.1) is 19.8 Å². The second-order valence-electron chi connectivity index (χ2n) is 5.19. The van der Waals surface area contributed by atoms with Crippen LogP contribution in [0.2, 0.25) is 0 Å². The van der Waals surface area contributed by atoms with Gasteiger partial charge in [-0.1, -0.05) is 0 Å². The fraction of sp³-hybridized carbons (Fsp3) is 0.692. The summed E-state index contributed by atoms with van der Waals surface area (Å²) in [5, 5.41) is 2.88. The molecule has 8 heteroatoms. The molecule has 7 nitrogen and oxygen atoms in total. The summed E-state index contributed by atoms with van der Waals surface area (Å²) in [5.41, 5.74) is 0. The zero-order chi connectivity index (χ0) is 15.3. The first kappa shape index (κ1) is 16.4. The molecule has 0 aromatic carbocycles. The van der Waals surface area contributed by atoms with Gasteiger partial charge in [0.2, 0.25) is 5.09 Å². The summed E-state index contributed by atoms with van der Waals surface area (Å²) in [7, 11) is -1.83. The van der Waals surface area contributed by atoms with Gasteiger partial charge in [0.25, 0.3) is 10.0 Å². The molecule has 0 amide bonds. The van der Waals surface area contributed by atoms with Crippen LogP contribution in [0.4, 0.5) is 0 Å². The number of hydrogen-bond acceptors (Lipinski definition) is 6. The molecule has 1 fully saturated rings. The zero-order valence-corrected chi connectivity index (χ0v) is 13.3. The number of rotatable bonds is 7. The fourth-order valence-electron chi connectivity index (χ4n) is 2.30. The van der Waals surface area contributed by atoms with Crippen LogP contribution in [-0.4, -0.2) is 59.3 Å². The van der Waals surface area contributed by atoms with E-state index in [0.29, 0.717) is 32.1 Å². The van der Waals surface area contributed by atoms with E-state index in [-0.39, 0.29) is 11.1 Å². The molecule has 1 atom stereocenters. The van der Waals surface area contributed by atoms with Gasteiger partial charge in [-0.05, 0) is 26.1 Å². The highest BCUT2D eigenvalue weighted by atomic mass is 32.2. The van der Waals surface area contributed by atoms with Crippen molar-refractivity contribution < 1.29 is 17.6 Å². The Balaban J connectivity index is 1.92. The zero-order valence-electron chi connectivity index (χ0n) is 12.5. The van der Waals surface area contributed by atoms with Gasteiger partial charge in [-0.15, -0.1) is 0 Å². The summed E-state index contributed by atoms with van der Waals surface area (Å²) in [4.78, 5) is 2.19. The van der Waals surface area contributed by atoms with Crippen LogP contribution in [0.15, 0.2) is 21.6 Å². The number of furan rings is 1. The Morgan fingerprint density at radius 1 is 1.33 bits per heavy atom. The first-order chi connectivity index (χ1) is 10.0. The van der Waals surface area contributed by atoms with Crippen molar-refractivity contribution in [3.8, 4) is 0 Å². The summed E-state index contributed by atoms with van der Waals surface area (Å²) in [6.45, 7) is 6.07. The average Bonchev–Trinajstić information content (AvgIpc) is 2.89. The lowest BCUT2D eigenvalue weighted by atomic mass is 10.3. The summed E-state index contributed by atoms with van der Waals surface area (Å²) in [5.74, 6) is 0.596. The maximum absolute atomic E-state index is 12.2. The Hall–Kier alpha value is -0.930. The highest BCUT2D eigenvalue weighted by Crippen LogP contribution is 2.14. The van der Waals surface area contributed by atoms with E-state index in [1.807, 2.05) is 6.92 Å². The van der Waals surface area contributed by atoms with Crippen molar-refractivity contribution in [3.05, 3.63) is 17.9 Å². The number of nitrogens with one attached hydrogen (secondary N) is 2. The van der Waals surface area contributed by atoms with E-state index in [1.165, 1.54) is 6.07 Å². The third-order valence-corrected chi connectivity index (χ3v) is 4.71. The molecule has 0 aliphatic carbocycles. The van der Waals surface area contributed by atoms with Crippen LogP contribution in [0, 0.1) is 0 Å². The monoisotopic (exact) mass is 317 g/mol. The van der Waals surface area contributed by atoms with E-state index in [0.717, 1.165) is 13.1 Å². The Kier molecular flexibility index (Phi) is 5.77. The van der Waals surface area contributed by atoms with Crippen molar-refractivity contribution in [2.24, 2.45) is 0 Å². The van der Waals surface area contributed by atoms with E-state index in [1.54, 1.807) is 13.1 Å². The van der Waals surface area contributed by atoms with Gasteiger partial charge < -0.3 is 14.5 Å². The number of nitrogens with zero attached hydrogens (tertiary/aromatic N) is 1. The first-order valence-corrected chi connectivity index (χ1v) is 8.55. The van der Waals surface area contributed by atoms with Crippen molar-refractivity contribution >= 4 is 10.0 Å². The molecular formula is C13H23N3O4S. The van der Waals surface area contributed by atoms with E-state index < -0.39 is 10.0 Å². The first-order valence-electron chi connectivity index (χ1n) is 7.07. The van der Waals surface area contributed by atoms with Gasteiger partial charge in [0.15, 0.2) is 0 Å². The highest BCUT2D eigenvalue weighted by Gasteiger charge is 2.23. The maximum Gasteiger partial charge on any atom is 0.274 e. The van der Waals surface area contributed by atoms with Crippen LogP contribution in [0.25, 0.3) is 0 Å². The van der Waals surface area contributed by atoms with Crippen LogP contribution in [0.5, 0.6) is 0 Å². The molecule has 0 radical (unpaired) electrons. The van der Waals surface area contributed by atoms with Crippen LogP contribution < -0.4 is 10.0 Å². The van der Waals surface area contributed by atoms with Crippen LogP contribution in [0.1, 0.15) is 12.7 Å². The average molecular weight is 317 g/mol. The van der Waals surface area contributed by atoms with Gasteiger partial charge >= 0.3 is 0 Å². The highest BCUT2D eigenvalue weighted by molar-refractivity contribution is 7.89. The third kappa shape index (κ3) is 4.79. The molecule has 2 heterocycles. The van der Waals surface area contributed by atoms with E-state index in [9.17, 15) is 8.42 Å². The smallest absolute Gasteiger partial charge is 0.274 e. The normalized spacial score (nSPS) is 18.8. The standard InChI is InChI=1S/C13H23N3O4S/c1-11(10-16-5-7-19-8-6-16)15-21(17,18)13-4-3-12(20-13)9-14-2/h3-4,11,14-15H,5-10H2,1-2H3. The lowest BCUT2D eigenvalue weighted by Crippen LogP contribution is -2.45. The number of hydrogen-bond donors (Lipinski definition) is 2. The molecule has 0 saturated carbocycles. The van der Waals surface area contributed by atoms with Crippen LogP contribution in [0.3, 0.4) is 0 Å². The Bertz CT molecular complexity index is 537. The summed E-state index contributed by atoms with van der Waals surface area (Å²) in [6, 6.07) is 2.96. The molecule has 21 heavy (non-hydrogen) atoms. The Morgan fingerprint density at radius 3 is 2.71 bits per heavy atom. The lowest BCUT2D eigenvalue weighted by molar-refractivity contribution is 0.0354. The molecule has 1 aliphatic rings. The molecule has 1 unspecified atom stereocenters. The van der Waals surface area contributed by atoms with Gasteiger partial charge in [-0.25, -0.2) is 13.1 Å². The second-order valence-corrected chi connectivity index (χ2v) is 6.83. The quantitative estimate of drug-likeness (QED) is 0.736. The molecule has 2 rings (SSSR count). The van der Waals surface area contributed by atoms with Gasteiger partial charge in [0, 0.05) is 25.7 Å². The molecule has 1 aromatic heterocycles. The Morgan fingerprint density at radius 2 is 2.05 bits per heavy atom. The van der Waals surface area contributed by atoms with Gasteiger partial charge in [-0.2, -0.15) is 0 Å². The second kappa shape index (κ2) is 7.37. The summed E-state index contributed by atoms with van der Waals surface area (Å²) >= 11 is 0. The van der Waals surface area contributed by atoms with E-state index >= 15 is 0 Å². The fourth-order valence-corrected chi connectivity index (χ4v) is 3.49. The molecule has 120 valence electrons. The molecule has 2 N–H and O–H groups in total. The summed E-state index contributed by atoms with van der Waals surface area (Å²) in [6.07, 6.45) is 0. The van der Waals surface area contributed by atoms with Gasteiger partial charge in [0.1, 0.15) is 5.76 Å². The minimum Gasteiger partial charge on any atom is -0.447 e. The van der Waals surface area contributed by atoms with Crippen LogP contribution >= 0.6 is 0 Å². The molecule has 0 bridgehead atoms. The van der Waals surface area contributed by atoms with E-state index in [4.69, 9.17) is 9.15 Å². The third-order valence-electron chi connectivity index (χ3n) is 3.24. The molecule has 1 aromatic rings. The predicted octanol–water partition coefficient (Wildman–Crippen LogP) is -0.00200. The lowest BCUT2D eigenvalue weighted by Gasteiger charge is -2.29. The number of morpholine rings is 1. The van der Waals surface area contributed by atoms with Crippen molar-refractivity contribution in [2.45, 2.75) is 24.6 Å². The Labute approximate surface area is 125 Å². The van der Waals surface area contributed by atoms with Crippen LogP contribution in [-0.2, 0) is 21.3 Å². The predicted molar refractivity (Wildman–Crippen MR) is 78.5 cm³/mol. The SMILES string of the molecule is CNCc1ccc(S(=O)(=O)NC(C)CN2CCOCC2)o1. The topological polar surface area (TPSA) is 83.8 Å². The molecule has 1 saturated heterocycles. The van der Waals surface area contributed by atoms with Crippen molar-refractivity contribution in [3.63, 3.8) is 0 Å².